The summed E-state index contributed by atoms with van der Waals surface area (Å²) < 4.78 is 14.1. The lowest BCUT2D eigenvalue weighted by Crippen LogP contribution is -2.41. The van der Waals surface area contributed by atoms with E-state index in [0.717, 1.165) is 23.4 Å². The second kappa shape index (κ2) is 9.64. The Balaban J connectivity index is 1.44. The normalized spacial score (nSPS) is 16.0. The topological polar surface area (TPSA) is 61.4 Å². The number of nitrogens with zero attached hydrogens (tertiary/aromatic N) is 1. The molecule has 0 aliphatic carbocycles. The number of amides is 2. The number of hydrogen-bond donors (Lipinski definition) is 2. The number of halogens is 1. The van der Waals surface area contributed by atoms with Crippen LogP contribution >= 0.6 is 0 Å². The highest BCUT2D eigenvalue weighted by Crippen LogP contribution is 2.29. The van der Waals surface area contributed by atoms with Gasteiger partial charge >= 0.3 is 0 Å². The van der Waals surface area contributed by atoms with E-state index in [-0.39, 0.29) is 23.5 Å². The number of aryl methyl sites for hydroxylation is 1. The molecule has 1 heterocycles. The van der Waals surface area contributed by atoms with Gasteiger partial charge in [-0.3, -0.25) is 20.4 Å². The number of benzene rings is 3. The van der Waals surface area contributed by atoms with Gasteiger partial charge in [0.15, 0.2) is 0 Å². The summed E-state index contributed by atoms with van der Waals surface area (Å²) in [5.41, 5.74) is 9.18. The van der Waals surface area contributed by atoms with Crippen LogP contribution in [0.3, 0.4) is 0 Å². The molecule has 32 heavy (non-hydrogen) atoms. The average Bonchev–Trinajstić information content (AvgIpc) is 2.81. The molecule has 2 N–H and O–H groups in total. The van der Waals surface area contributed by atoms with Crippen molar-refractivity contribution in [2.75, 3.05) is 16.9 Å². The number of hydrazine groups is 1. The van der Waals surface area contributed by atoms with E-state index in [1.165, 1.54) is 6.07 Å². The third-order valence-electron chi connectivity index (χ3n) is 5.82. The Bertz CT molecular complexity index is 1120. The van der Waals surface area contributed by atoms with Crippen molar-refractivity contribution >= 4 is 23.2 Å². The molecular formula is C26H26FN3O2. The van der Waals surface area contributed by atoms with Crippen LogP contribution in [0.25, 0.3) is 0 Å². The molecule has 0 radical (unpaired) electrons. The molecule has 2 amide bonds. The lowest BCUT2D eigenvalue weighted by atomic mass is 9.90. The summed E-state index contributed by atoms with van der Waals surface area (Å²) in [5.74, 6) is -0.222. The Morgan fingerprint density at radius 2 is 1.81 bits per heavy atom. The maximum atomic E-state index is 14.1. The molecule has 0 aromatic heterocycles. The van der Waals surface area contributed by atoms with Crippen LogP contribution in [-0.4, -0.2) is 18.4 Å². The molecule has 6 heteroatoms. The van der Waals surface area contributed by atoms with Crippen LogP contribution in [0.5, 0.6) is 0 Å². The molecule has 1 unspecified atom stereocenters. The Labute approximate surface area is 187 Å². The van der Waals surface area contributed by atoms with Gasteiger partial charge in [0, 0.05) is 24.2 Å². The number of nitrogens with one attached hydrogen (secondary N) is 2. The van der Waals surface area contributed by atoms with Gasteiger partial charge in [-0.05, 0) is 73.2 Å². The largest absolute Gasteiger partial charge is 0.312 e. The number of piperidine rings is 1. The first kappa shape index (κ1) is 21.6. The molecule has 5 nitrogen and oxygen atoms in total. The second-order valence-electron chi connectivity index (χ2n) is 8.15. The lowest BCUT2D eigenvalue weighted by Gasteiger charge is -2.34. The number of carbonyl (C=O) groups is 2. The number of para-hydroxylation sites is 1. The summed E-state index contributed by atoms with van der Waals surface area (Å²) in [6.45, 7) is 2.43. The summed E-state index contributed by atoms with van der Waals surface area (Å²) in [4.78, 5) is 26.9. The monoisotopic (exact) mass is 431 g/mol. The van der Waals surface area contributed by atoms with Crippen molar-refractivity contribution in [1.82, 2.24) is 5.43 Å². The maximum absolute atomic E-state index is 14.1. The van der Waals surface area contributed by atoms with Crippen LogP contribution in [-0.2, 0) is 11.2 Å². The minimum absolute atomic E-state index is 0.0563. The standard InChI is InChI=1S/C26H26FN3O2/c1-18-15-21(26(32)29-28-22-8-3-2-4-9-22)12-13-24(18)30-17-19(11-14-25(30)31)16-20-7-5-6-10-23(20)27/h2-10,12-13,15,19,28H,11,14,16-17H2,1H3,(H,29,32). The van der Waals surface area contributed by atoms with E-state index < -0.39 is 0 Å². The van der Waals surface area contributed by atoms with Gasteiger partial charge in [0.1, 0.15) is 5.82 Å². The molecule has 0 spiro atoms. The fraction of sp³-hybridized carbons (Fsp3) is 0.231. The molecule has 1 aliphatic heterocycles. The van der Waals surface area contributed by atoms with Crippen LogP contribution in [0.1, 0.15) is 34.3 Å². The van der Waals surface area contributed by atoms with Gasteiger partial charge in [0.25, 0.3) is 5.91 Å². The van der Waals surface area contributed by atoms with Gasteiger partial charge in [0.05, 0.1) is 5.69 Å². The van der Waals surface area contributed by atoms with E-state index in [2.05, 4.69) is 10.9 Å². The first-order valence-corrected chi connectivity index (χ1v) is 10.8. The highest BCUT2D eigenvalue weighted by molar-refractivity contribution is 5.98. The summed E-state index contributed by atoms with van der Waals surface area (Å²) in [5, 5.41) is 0. The third kappa shape index (κ3) is 4.97. The zero-order chi connectivity index (χ0) is 22.5. The Hall–Kier alpha value is -3.67. The minimum atomic E-state index is -0.258. The van der Waals surface area contributed by atoms with Gasteiger partial charge in [-0.2, -0.15) is 0 Å². The second-order valence-corrected chi connectivity index (χ2v) is 8.15. The van der Waals surface area contributed by atoms with Crippen LogP contribution in [0.15, 0.2) is 72.8 Å². The molecule has 1 saturated heterocycles. The molecule has 1 fully saturated rings. The van der Waals surface area contributed by atoms with Gasteiger partial charge in [-0.1, -0.05) is 36.4 Å². The van der Waals surface area contributed by atoms with E-state index in [1.807, 2.05) is 49.4 Å². The van der Waals surface area contributed by atoms with E-state index in [0.29, 0.717) is 30.5 Å². The van der Waals surface area contributed by atoms with Crippen LogP contribution < -0.4 is 15.8 Å². The molecular weight excluding hydrogens is 405 g/mol. The number of hydrogen-bond acceptors (Lipinski definition) is 3. The number of rotatable bonds is 6. The average molecular weight is 432 g/mol. The van der Waals surface area contributed by atoms with Gasteiger partial charge in [-0.25, -0.2) is 4.39 Å². The SMILES string of the molecule is Cc1cc(C(=O)NNc2ccccc2)ccc1N1CC(Cc2ccccc2F)CCC1=O. The fourth-order valence-electron chi connectivity index (χ4n) is 4.11. The van der Waals surface area contributed by atoms with Crippen molar-refractivity contribution in [1.29, 1.82) is 0 Å². The maximum Gasteiger partial charge on any atom is 0.269 e. The van der Waals surface area contributed by atoms with E-state index >= 15 is 0 Å². The van der Waals surface area contributed by atoms with Gasteiger partial charge < -0.3 is 4.90 Å². The Morgan fingerprint density at radius 3 is 2.56 bits per heavy atom. The predicted octanol–water partition coefficient (Wildman–Crippen LogP) is 4.88. The quantitative estimate of drug-likeness (QED) is 0.547. The molecule has 3 aromatic carbocycles. The molecule has 0 saturated carbocycles. The van der Waals surface area contributed by atoms with Gasteiger partial charge in [0.2, 0.25) is 5.91 Å². The summed E-state index contributed by atoms with van der Waals surface area (Å²) in [6, 6.07) is 21.5. The van der Waals surface area contributed by atoms with E-state index in [1.54, 1.807) is 29.2 Å². The molecule has 1 aliphatic rings. The zero-order valence-corrected chi connectivity index (χ0v) is 18.0. The molecule has 164 valence electrons. The Morgan fingerprint density at radius 1 is 1.06 bits per heavy atom. The van der Waals surface area contributed by atoms with Crippen LogP contribution in [0.2, 0.25) is 0 Å². The Kier molecular flexibility index (Phi) is 6.50. The lowest BCUT2D eigenvalue weighted by molar-refractivity contribution is -0.120. The van der Waals surface area contributed by atoms with Gasteiger partial charge in [-0.15, -0.1) is 0 Å². The molecule has 4 rings (SSSR count). The summed E-state index contributed by atoms with van der Waals surface area (Å²) in [7, 11) is 0. The first-order valence-electron chi connectivity index (χ1n) is 10.8. The zero-order valence-electron chi connectivity index (χ0n) is 18.0. The van der Waals surface area contributed by atoms with Crippen molar-refractivity contribution in [3.05, 3.63) is 95.3 Å². The predicted molar refractivity (Wildman–Crippen MR) is 124 cm³/mol. The summed E-state index contributed by atoms with van der Waals surface area (Å²) >= 11 is 0. The van der Waals surface area contributed by atoms with Crippen LogP contribution in [0.4, 0.5) is 15.8 Å². The molecule has 0 bridgehead atoms. The van der Waals surface area contributed by atoms with E-state index in [4.69, 9.17) is 0 Å². The first-order chi connectivity index (χ1) is 15.5. The highest BCUT2D eigenvalue weighted by Gasteiger charge is 2.28. The van der Waals surface area contributed by atoms with Crippen molar-refractivity contribution < 1.29 is 14.0 Å². The number of anilines is 2. The smallest absolute Gasteiger partial charge is 0.269 e. The fourth-order valence-corrected chi connectivity index (χ4v) is 4.11. The minimum Gasteiger partial charge on any atom is -0.312 e. The van der Waals surface area contributed by atoms with Crippen molar-refractivity contribution in [3.63, 3.8) is 0 Å². The van der Waals surface area contributed by atoms with Crippen molar-refractivity contribution in [2.45, 2.75) is 26.2 Å². The molecule has 1 atom stereocenters. The molecule has 3 aromatic rings. The van der Waals surface area contributed by atoms with E-state index in [9.17, 15) is 14.0 Å². The highest BCUT2D eigenvalue weighted by atomic mass is 19.1. The summed E-state index contributed by atoms with van der Waals surface area (Å²) in [6.07, 6.45) is 1.78. The van der Waals surface area contributed by atoms with Crippen LogP contribution in [0, 0.1) is 18.7 Å². The number of carbonyl (C=O) groups excluding carboxylic acids is 2. The van der Waals surface area contributed by atoms with Crippen molar-refractivity contribution in [2.24, 2.45) is 5.92 Å². The third-order valence-corrected chi connectivity index (χ3v) is 5.82. The van der Waals surface area contributed by atoms with Crippen molar-refractivity contribution in [3.8, 4) is 0 Å².